The van der Waals surface area contributed by atoms with Crippen molar-refractivity contribution in [3.8, 4) is 0 Å². The quantitative estimate of drug-likeness (QED) is 0.753. The van der Waals surface area contributed by atoms with Gasteiger partial charge in [-0.25, -0.2) is 0 Å². The minimum atomic E-state index is -0.100. The minimum absolute atomic E-state index is 0.0229. The van der Waals surface area contributed by atoms with Gasteiger partial charge in [-0.15, -0.1) is 0 Å². The van der Waals surface area contributed by atoms with Crippen LogP contribution in [-0.2, 0) is 19.7 Å². The summed E-state index contributed by atoms with van der Waals surface area (Å²) in [6, 6.07) is 5.91. The van der Waals surface area contributed by atoms with Crippen LogP contribution in [-0.4, -0.2) is 49.6 Å². The van der Waals surface area contributed by atoms with Crippen molar-refractivity contribution >= 4 is 29.1 Å². The van der Waals surface area contributed by atoms with Gasteiger partial charge in [0.15, 0.2) is 0 Å². The third-order valence-electron chi connectivity index (χ3n) is 7.02. The van der Waals surface area contributed by atoms with Crippen LogP contribution in [0.1, 0.15) is 51.0 Å². The van der Waals surface area contributed by atoms with Crippen LogP contribution in [0.3, 0.4) is 0 Å². The van der Waals surface area contributed by atoms with Crippen LogP contribution in [0.15, 0.2) is 18.2 Å². The molecule has 0 N–H and O–H groups in total. The first kappa shape index (κ1) is 19.7. The second-order valence-electron chi connectivity index (χ2n) is 8.59. The number of ether oxygens (including phenoxy) is 1. The first-order chi connectivity index (χ1) is 13.4. The Hall–Kier alpha value is -1.59. The molecule has 1 aromatic carbocycles. The standard InChI is InChI=1S/C22H29ClN2O3/c1-15(26)24-10-8-22(9-11-24)14-25(20-7-6-17(23)13-19(20)22)21(27)16-4-3-5-18(12-16)28-2/h6-7,13,16,18H,3-5,8-12,14H2,1-2H3/t16-,18-/m1/s1. The summed E-state index contributed by atoms with van der Waals surface area (Å²) in [6.07, 6.45) is 5.74. The molecule has 1 saturated carbocycles. The molecule has 3 aliphatic rings. The minimum Gasteiger partial charge on any atom is -0.381 e. The predicted molar refractivity (Wildman–Crippen MR) is 110 cm³/mol. The molecule has 1 saturated heterocycles. The zero-order valence-electron chi connectivity index (χ0n) is 16.7. The number of methoxy groups -OCH3 is 1. The summed E-state index contributed by atoms with van der Waals surface area (Å²) in [4.78, 5) is 29.2. The van der Waals surface area contributed by atoms with Crippen molar-refractivity contribution < 1.29 is 14.3 Å². The molecule has 152 valence electrons. The van der Waals surface area contributed by atoms with E-state index in [4.69, 9.17) is 16.3 Å². The van der Waals surface area contributed by atoms with Gasteiger partial charge in [0.2, 0.25) is 11.8 Å². The van der Waals surface area contributed by atoms with Gasteiger partial charge in [-0.3, -0.25) is 9.59 Å². The molecular weight excluding hydrogens is 376 g/mol. The van der Waals surface area contributed by atoms with Gasteiger partial charge in [-0.2, -0.15) is 0 Å². The number of fused-ring (bicyclic) bond motifs is 2. The molecule has 2 atom stereocenters. The Morgan fingerprint density at radius 1 is 1.21 bits per heavy atom. The van der Waals surface area contributed by atoms with E-state index in [2.05, 4.69) is 0 Å². The molecule has 0 aromatic heterocycles. The van der Waals surface area contributed by atoms with Crippen LogP contribution >= 0.6 is 11.6 Å². The predicted octanol–water partition coefficient (Wildman–Crippen LogP) is 3.77. The summed E-state index contributed by atoms with van der Waals surface area (Å²) in [6.45, 7) is 3.79. The molecule has 2 heterocycles. The Bertz CT molecular complexity index is 773. The Morgan fingerprint density at radius 2 is 1.96 bits per heavy atom. The van der Waals surface area contributed by atoms with Crippen LogP contribution in [0.25, 0.3) is 0 Å². The molecule has 1 aliphatic carbocycles. The molecule has 4 rings (SSSR count). The van der Waals surface area contributed by atoms with Gasteiger partial charge in [0.1, 0.15) is 0 Å². The fourth-order valence-corrected chi connectivity index (χ4v) is 5.49. The van der Waals surface area contributed by atoms with Crippen molar-refractivity contribution in [2.24, 2.45) is 5.92 Å². The first-order valence-corrected chi connectivity index (χ1v) is 10.7. The molecule has 0 unspecified atom stereocenters. The molecule has 6 heteroatoms. The number of nitrogens with zero attached hydrogens (tertiary/aromatic N) is 2. The van der Waals surface area contributed by atoms with Gasteiger partial charge in [0, 0.05) is 55.7 Å². The van der Waals surface area contributed by atoms with Gasteiger partial charge in [-0.05, 0) is 55.9 Å². The zero-order chi connectivity index (χ0) is 19.9. The lowest BCUT2D eigenvalue weighted by molar-refractivity contribution is -0.130. The summed E-state index contributed by atoms with van der Waals surface area (Å²) in [5.74, 6) is 0.366. The molecule has 0 radical (unpaired) electrons. The molecule has 2 fully saturated rings. The van der Waals surface area contributed by atoms with Gasteiger partial charge >= 0.3 is 0 Å². The second kappa shape index (κ2) is 7.68. The number of amides is 2. The van der Waals surface area contributed by atoms with Crippen LogP contribution < -0.4 is 4.90 Å². The van der Waals surface area contributed by atoms with Crippen LogP contribution in [0.4, 0.5) is 5.69 Å². The Kier molecular flexibility index (Phi) is 5.41. The number of anilines is 1. The highest BCUT2D eigenvalue weighted by Crippen LogP contribution is 2.48. The number of carbonyl (C=O) groups is 2. The largest absolute Gasteiger partial charge is 0.381 e. The SMILES string of the molecule is CO[C@@H]1CCC[C@@H](C(=O)N2CC3(CCN(C(C)=O)CC3)c3cc(Cl)ccc32)C1. The summed E-state index contributed by atoms with van der Waals surface area (Å²) >= 11 is 6.33. The highest BCUT2D eigenvalue weighted by atomic mass is 35.5. The first-order valence-electron chi connectivity index (χ1n) is 10.3. The summed E-state index contributed by atoms with van der Waals surface area (Å²) in [7, 11) is 1.74. The molecule has 2 amide bonds. The highest BCUT2D eigenvalue weighted by molar-refractivity contribution is 6.30. The molecule has 5 nitrogen and oxygen atoms in total. The van der Waals surface area contributed by atoms with Gasteiger partial charge < -0.3 is 14.5 Å². The number of likely N-dealkylation sites (tertiary alicyclic amines) is 1. The van der Waals surface area contributed by atoms with E-state index in [1.54, 1.807) is 14.0 Å². The molecule has 1 aromatic rings. The zero-order valence-corrected chi connectivity index (χ0v) is 17.5. The van der Waals surface area contributed by atoms with Crippen LogP contribution in [0.5, 0.6) is 0 Å². The average molecular weight is 405 g/mol. The third-order valence-corrected chi connectivity index (χ3v) is 7.26. The van der Waals surface area contributed by atoms with E-state index < -0.39 is 0 Å². The van der Waals surface area contributed by atoms with Crippen molar-refractivity contribution in [2.75, 3.05) is 31.6 Å². The van der Waals surface area contributed by atoms with Crippen molar-refractivity contribution in [1.29, 1.82) is 0 Å². The normalized spacial score (nSPS) is 26.4. The van der Waals surface area contributed by atoms with Crippen molar-refractivity contribution in [1.82, 2.24) is 4.90 Å². The molecule has 28 heavy (non-hydrogen) atoms. The monoisotopic (exact) mass is 404 g/mol. The lowest BCUT2D eigenvalue weighted by Gasteiger charge is -2.40. The molecular formula is C22H29ClN2O3. The molecule has 2 aliphatic heterocycles. The summed E-state index contributed by atoms with van der Waals surface area (Å²) in [5.41, 5.74) is 2.08. The Labute approximate surface area is 172 Å². The van der Waals surface area contributed by atoms with Gasteiger partial charge in [0.05, 0.1) is 6.10 Å². The van der Waals surface area contributed by atoms with E-state index in [0.29, 0.717) is 11.6 Å². The number of hydrogen-bond acceptors (Lipinski definition) is 3. The maximum absolute atomic E-state index is 13.5. The maximum Gasteiger partial charge on any atom is 0.230 e. The molecule has 1 spiro atoms. The highest BCUT2D eigenvalue weighted by Gasteiger charge is 2.47. The Morgan fingerprint density at radius 3 is 2.64 bits per heavy atom. The summed E-state index contributed by atoms with van der Waals surface area (Å²) < 4.78 is 5.54. The van der Waals surface area contributed by atoms with Gasteiger partial charge in [-0.1, -0.05) is 18.0 Å². The number of piperidine rings is 1. The van der Waals surface area contributed by atoms with Crippen LogP contribution in [0.2, 0.25) is 5.02 Å². The number of carbonyl (C=O) groups excluding carboxylic acids is 2. The fraction of sp³-hybridized carbons (Fsp3) is 0.636. The third kappa shape index (κ3) is 3.43. The van der Waals surface area contributed by atoms with E-state index in [1.165, 1.54) is 5.56 Å². The lowest BCUT2D eigenvalue weighted by atomic mass is 9.74. The number of benzene rings is 1. The van der Waals surface area contributed by atoms with E-state index in [9.17, 15) is 9.59 Å². The van der Waals surface area contributed by atoms with E-state index in [0.717, 1.165) is 57.3 Å². The van der Waals surface area contributed by atoms with E-state index >= 15 is 0 Å². The average Bonchev–Trinajstić information content (AvgIpc) is 3.01. The van der Waals surface area contributed by atoms with Crippen molar-refractivity contribution in [2.45, 2.75) is 57.0 Å². The Balaban J connectivity index is 1.61. The number of rotatable bonds is 2. The fourth-order valence-electron chi connectivity index (χ4n) is 5.32. The smallest absolute Gasteiger partial charge is 0.230 e. The summed E-state index contributed by atoms with van der Waals surface area (Å²) in [5, 5.41) is 0.707. The number of hydrogen-bond donors (Lipinski definition) is 0. The van der Waals surface area contributed by atoms with Crippen molar-refractivity contribution in [3.63, 3.8) is 0 Å². The van der Waals surface area contributed by atoms with E-state index in [-0.39, 0.29) is 29.3 Å². The van der Waals surface area contributed by atoms with Crippen LogP contribution in [0, 0.1) is 5.92 Å². The van der Waals surface area contributed by atoms with Gasteiger partial charge in [0.25, 0.3) is 0 Å². The second-order valence-corrected chi connectivity index (χ2v) is 9.03. The lowest BCUT2D eigenvalue weighted by Crippen LogP contribution is -2.48. The number of halogens is 1. The van der Waals surface area contributed by atoms with Crippen molar-refractivity contribution in [3.05, 3.63) is 28.8 Å². The van der Waals surface area contributed by atoms with E-state index in [1.807, 2.05) is 28.0 Å². The maximum atomic E-state index is 13.5. The molecule has 0 bridgehead atoms. The topological polar surface area (TPSA) is 49.9 Å².